The summed E-state index contributed by atoms with van der Waals surface area (Å²) in [5.74, 6) is -0.110. The van der Waals surface area contributed by atoms with Crippen LogP contribution in [-0.2, 0) is 0 Å². The Morgan fingerprint density at radius 2 is 1.95 bits per heavy atom. The van der Waals surface area contributed by atoms with E-state index in [9.17, 15) is 9.59 Å². The zero-order valence-corrected chi connectivity index (χ0v) is 11.7. The third-order valence-corrected chi connectivity index (χ3v) is 2.86. The molecule has 2 aromatic rings. The van der Waals surface area contributed by atoms with Crippen LogP contribution in [0.1, 0.15) is 20.7 Å². The van der Waals surface area contributed by atoms with Gasteiger partial charge in [0.25, 0.3) is 11.8 Å². The maximum absolute atomic E-state index is 12.1. The third-order valence-electron chi connectivity index (χ3n) is 2.86. The van der Waals surface area contributed by atoms with Crippen molar-refractivity contribution in [3.8, 4) is 5.75 Å². The number of pyridine rings is 1. The Morgan fingerprint density at radius 1 is 1.14 bits per heavy atom. The summed E-state index contributed by atoms with van der Waals surface area (Å²) in [6.07, 6.45) is 3.07. The fraction of sp³-hybridized carbons (Fsp3) is 0.133. The first-order valence-electron chi connectivity index (χ1n) is 6.27. The number of hydrogen-bond acceptors (Lipinski definition) is 4. The number of nitrogens with zero attached hydrogens (tertiary/aromatic N) is 1. The van der Waals surface area contributed by atoms with E-state index in [-0.39, 0.29) is 11.8 Å². The van der Waals surface area contributed by atoms with E-state index in [0.717, 1.165) is 0 Å². The van der Waals surface area contributed by atoms with Crippen molar-refractivity contribution < 1.29 is 14.3 Å². The first-order valence-corrected chi connectivity index (χ1v) is 6.27. The second-order valence-corrected chi connectivity index (χ2v) is 4.19. The van der Waals surface area contributed by atoms with Gasteiger partial charge in [-0.2, -0.15) is 0 Å². The Morgan fingerprint density at radius 3 is 2.57 bits per heavy atom. The first-order chi connectivity index (χ1) is 10.2. The summed E-state index contributed by atoms with van der Waals surface area (Å²) in [4.78, 5) is 27.5. The van der Waals surface area contributed by atoms with Gasteiger partial charge in [-0.25, -0.2) is 0 Å². The summed E-state index contributed by atoms with van der Waals surface area (Å²) in [7, 11) is 3.02. The predicted octanol–water partition coefficient (Wildman–Crippen LogP) is 1.70. The quantitative estimate of drug-likeness (QED) is 0.896. The van der Waals surface area contributed by atoms with E-state index in [4.69, 9.17) is 4.74 Å². The number of amides is 2. The molecule has 0 saturated heterocycles. The summed E-state index contributed by atoms with van der Waals surface area (Å²) in [5.41, 5.74) is 1.38. The van der Waals surface area contributed by atoms with Crippen molar-refractivity contribution in [2.45, 2.75) is 0 Å². The fourth-order valence-corrected chi connectivity index (χ4v) is 1.77. The van der Waals surface area contributed by atoms with Gasteiger partial charge >= 0.3 is 0 Å². The molecule has 1 aromatic carbocycles. The lowest BCUT2D eigenvalue weighted by atomic mass is 10.1. The van der Waals surface area contributed by atoms with Crippen molar-refractivity contribution in [2.24, 2.45) is 0 Å². The molecule has 21 heavy (non-hydrogen) atoms. The van der Waals surface area contributed by atoms with Crippen LogP contribution >= 0.6 is 0 Å². The second-order valence-electron chi connectivity index (χ2n) is 4.19. The zero-order chi connectivity index (χ0) is 15.2. The average Bonchev–Trinajstić information content (AvgIpc) is 2.55. The van der Waals surface area contributed by atoms with Crippen LogP contribution in [-0.4, -0.2) is 31.0 Å². The van der Waals surface area contributed by atoms with Crippen molar-refractivity contribution in [1.29, 1.82) is 0 Å². The Bertz CT molecular complexity index is 656. The molecule has 6 nitrogen and oxygen atoms in total. The highest BCUT2D eigenvalue weighted by Gasteiger charge is 2.12. The number of aromatic nitrogens is 1. The normalized spacial score (nSPS) is 9.81. The summed E-state index contributed by atoms with van der Waals surface area (Å²) in [6.45, 7) is 0. The summed E-state index contributed by atoms with van der Waals surface area (Å²) in [5, 5.41) is 5.25. The lowest BCUT2D eigenvalue weighted by Crippen LogP contribution is -2.18. The van der Waals surface area contributed by atoms with Gasteiger partial charge in [0.15, 0.2) is 0 Å². The molecule has 0 radical (unpaired) electrons. The summed E-state index contributed by atoms with van der Waals surface area (Å²) < 4.78 is 5.21. The van der Waals surface area contributed by atoms with Gasteiger partial charge < -0.3 is 15.4 Å². The molecule has 0 aliphatic heterocycles. The molecular weight excluding hydrogens is 270 g/mol. The van der Waals surface area contributed by atoms with Crippen LogP contribution < -0.4 is 15.4 Å². The predicted molar refractivity (Wildman–Crippen MR) is 78.6 cm³/mol. The highest BCUT2D eigenvalue weighted by atomic mass is 16.5. The molecule has 2 rings (SSSR count). The topological polar surface area (TPSA) is 80.3 Å². The van der Waals surface area contributed by atoms with Gasteiger partial charge in [0.05, 0.1) is 18.4 Å². The molecule has 0 bridgehead atoms. The van der Waals surface area contributed by atoms with Gasteiger partial charge in [0.2, 0.25) is 0 Å². The zero-order valence-electron chi connectivity index (χ0n) is 11.7. The van der Waals surface area contributed by atoms with Crippen LogP contribution in [0.3, 0.4) is 0 Å². The lowest BCUT2D eigenvalue weighted by Gasteiger charge is -2.11. The smallest absolute Gasteiger partial charge is 0.257 e. The maximum atomic E-state index is 12.1. The Kier molecular flexibility index (Phi) is 4.50. The molecule has 2 amide bonds. The average molecular weight is 285 g/mol. The largest absolute Gasteiger partial charge is 0.495 e. The minimum absolute atomic E-state index is 0.224. The standard InChI is InChI=1S/C15H15N3O3/c1-16-14(19)10-5-6-12(13(8-10)21-2)18-15(20)11-4-3-7-17-9-11/h3-9H,1-2H3,(H,16,19)(H,18,20). The van der Waals surface area contributed by atoms with Crippen LogP contribution in [0, 0.1) is 0 Å². The van der Waals surface area contributed by atoms with Crippen LogP contribution in [0.25, 0.3) is 0 Å². The van der Waals surface area contributed by atoms with E-state index in [1.165, 1.54) is 13.3 Å². The van der Waals surface area contributed by atoms with Crippen LogP contribution in [0.5, 0.6) is 5.75 Å². The molecule has 0 aliphatic rings. The molecule has 0 unspecified atom stereocenters. The molecule has 108 valence electrons. The van der Waals surface area contributed by atoms with Crippen molar-refractivity contribution >= 4 is 17.5 Å². The van der Waals surface area contributed by atoms with Gasteiger partial charge in [-0.05, 0) is 30.3 Å². The second kappa shape index (κ2) is 6.51. The van der Waals surface area contributed by atoms with Crippen LogP contribution in [0.2, 0.25) is 0 Å². The number of ether oxygens (including phenoxy) is 1. The summed E-state index contributed by atoms with van der Waals surface area (Å²) >= 11 is 0. The molecule has 1 heterocycles. The Hall–Kier alpha value is -2.89. The van der Waals surface area contributed by atoms with E-state index < -0.39 is 0 Å². The number of rotatable bonds is 4. The first kappa shape index (κ1) is 14.5. The number of hydrogen-bond donors (Lipinski definition) is 2. The number of carbonyl (C=O) groups excluding carboxylic acids is 2. The van der Waals surface area contributed by atoms with Gasteiger partial charge in [-0.3, -0.25) is 14.6 Å². The number of benzene rings is 1. The summed E-state index contributed by atoms with van der Waals surface area (Å²) in [6, 6.07) is 8.14. The fourth-order valence-electron chi connectivity index (χ4n) is 1.77. The number of carbonyl (C=O) groups is 2. The molecular formula is C15H15N3O3. The molecule has 0 saturated carbocycles. The van der Waals surface area contributed by atoms with Crippen LogP contribution in [0.4, 0.5) is 5.69 Å². The van der Waals surface area contributed by atoms with E-state index in [1.807, 2.05) is 0 Å². The molecule has 0 spiro atoms. The number of methoxy groups -OCH3 is 1. The molecule has 6 heteroatoms. The molecule has 0 atom stereocenters. The van der Waals surface area contributed by atoms with Crippen molar-refractivity contribution in [3.63, 3.8) is 0 Å². The van der Waals surface area contributed by atoms with E-state index >= 15 is 0 Å². The molecule has 2 N–H and O–H groups in total. The highest BCUT2D eigenvalue weighted by Crippen LogP contribution is 2.26. The number of anilines is 1. The lowest BCUT2D eigenvalue weighted by molar-refractivity contribution is 0.0962. The van der Waals surface area contributed by atoms with Gasteiger partial charge in [-0.15, -0.1) is 0 Å². The van der Waals surface area contributed by atoms with Gasteiger partial charge in [0, 0.05) is 25.0 Å². The maximum Gasteiger partial charge on any atom is 0.257 e. The Labute approximate surface area is 122 Å². The minimum atomic E-state index is -0.297. The van der Waals surface area contributed by atoms with E-state index in [2.05, 4.69) is 15.6 Å². The minimum Gasteiger partial charge on any atom is -0.495 e. The van der Waals surface area contributed by atoms with Crippen molar-refractivity contribution in [1.82, 2.24) is 10.3 Å². The monoisotopic (exact) mass is 285 g/mol. The molecule has 0 fully saturated rings. The molecule has 0 aliphatic carbocycles. The Balaban J connectivity index is 2.24. The van der Waals surface area contributed by atoms with Crippen molar-refractivity contribution in [2.75, 3.05) is 19.5 Å². The molecule has 1 aromatic heterocycles. The third kappa shape index (κ3) is 3.36. The van der Waals surface area contributed by atoms with Crippen LogP contribution in [0.15, 0.2) is 42.7 Å². The number of nitrogens with one attached hydrogen (secondary N) is 2. The van der Waals surface area contributed by atoms with Crippen molar-refractivity contribution in [3.05, 3.63) is 53.9 Å². The highest BCUT2D eigenvalue weighted by molar-refractivity contribution is 6.05. The van der Waals surface area contributed by atoms with Gasteiger partial charge in [0.1, 0.15) is 5.75 Å². The van der Waals surface area contributed by atoms with E-state index in [1.54, 1.807) is 43.6 Å². The van der Waals surface area contributed by atoms with E-state index in [0.29, 0.717) is 22.6 Å². The van der Waals surface area contributed by atoms with Gasteiger partial charge in [-0.1, -0.05) is 0 Å². The SMILES string of the molecule is CNC(=O)c1ccc(NC(=O)c2cccnc2)c(OC)c1.